The summed E-state index contributed by atoms with van der Waals surface area (Å²) in [6, 6.07) is 64.0. The highest BCUT2D eigenvalue weighted by Crippen LogP contribution is 2.51. The Morgan fingerprint density at radius 1 is 0.404 bits per heavy atom. The van der Waals surface area contributed by atoms with Gasteiger partial charge in [0.05, 0.1) is 15.9 Å². The Kier molecular flexibility index (Phi) is 7.33. The van der Waals surface area contributed by atoms with Crippen LogP contribution in [0.3, 0.4) is 0 Å². The molecule has 0 saturated carbocycles. The molecule has 0 fully saturated rings. The Morgan fingerprint density at radius 2 is 0.942 bits per heavy atom. The molecule has 7 aromatic carbocycles. The fourth-order valence-electron chi connectivity index (χ4n) is 7.21. The summed E-state index contributed by atoms with van der Waals surface area (Å²) in [7, 11) is 0. The van der Waals surface area contributed by atoms with Crippen molar-refractivity contribution in [1.29, 1.82) is 0 Å². The van der Waals surface area contributed by atoms with Crippen molar-refractivity contribution in [1.82, 2.24) is 9.97 Å². The number of aromatic nitrogens is 2. The molecule has 3 heterocycles. The molecule has 0 N–H and O–H groups in total. The van der Waals surface area contributed by atoms with Gasteiger partial charge in [-0.05, 0) is 81.9 Å². The number of rotatable bonds is 6. The van der Waals surface area contributed by atoms with E-state index in [-0.39, 0.29) is 0 Å². The molecule has 0 aliphatic carbocycles. The van der Waals surface area contributed by atoms with Crippen molar-refractivity contribution in [2.45, 2.75) is 0 Å². The summed E-state index contributed by atoms with van der Waals surface area (Å²) < 4.78 is 7.33. The minimum atomic E-state index is 0.618. The predicted octanol–water partition coefficient (Wildman–Crippen LogP) is 13.6. The molecule has 0 radical (unpaired) electrons. The molecule has 0 spiro atoms. The second-order valence-corrected chi connectivity index (χ2v) is 14.0. The van der Waals surface area contributed by atoms with Crippen molar-refractivity contribution in [3.8, 4) is 66.5 Å². The number of thiophene rings is 1. The van der Waals surface area contributed by atoms with Crippen LogP contribution in [0.1, 0.15) is 0 Å². The highest BCUT2D eigenvalue weighted by molar-refractivity contribution is 7.23. The topological polar surface area (TPSA) is 38.9 Å². The van der Waals surface area contributed by atoms with Gasteiger partial charge in [0, 0.05) is 32.3 Å². The smallest absolute Gasteiger partial charge is 0.227 e. The van der Waals surface area contributed by atoms with Crippen molar-refractivity contribution >= 4 is 43.4 Å². The molecule has 10 aromatic rings. The summed E-state index contributed by atoms with van der Waals surface area (Å²) in [5.74, 6) is 0.618. The van der Waals surface area contributed by atoms with Gasteiger partial charge >= 0.3 is 0 Å². The number of fused-ring (bicyclic) bond motifs is 4. The summed E-state index contributed by atoms with van der Waals surface area (Å²) in [4.78, 5) is 11.3. The third kappa shape index (κ3) is 5.29. The number of pyridine rings is 1. The van der Waals surface area contributed by atoms with Gasteiger partial charge in [-0.2, -0.15) is 0 Å². The molecule has 0 aliphatic heterocycles. The molecule has 0 amide bonds. The Hall–Kier alpha value is -6.62. The van der Waals surface area contributed by atoms with E-state index >= 15 is 0 Å². The fourth-order valence-corrected chi connectivity index (χ4v) is 8.54. The number of nitrogens with zero attached hydrogens (tertiary/aromatic N) is 2. The van der Waals surface area contributed by atoms with Crippen molar-refractivity contribution < 1.29 is 4.42 Å². The maximum atomic E-state index is 6.16. The molecular formula is C48H30N2OS. The van der Waals surface area contributed by atoms with Crippen LogP contribution >= 0.6 is 11.3 Å². The molecule has 3 nitrogen and oxygen atoms in total. The lowest BCUT2D eigenvalue weighted by atomic mass is 9.91. The van der Waals surface area contributed by atoms with Gasteiger partial charge in [-0.15, -0.1) is 11.3 Å². The standard InChI is InChI=1S/C48H30N2OS/c1-4-14-31(15-5-1)36-28-37(32-16-6-2-7-17-32)30-38(29-36)46-43(33-24-26-35(27-25-33)48-50-41-22-12-13-23-42(41)51-48)44-39-20-10-11-21-40(39)49-45(47(44)52-46)34-18-8-3-9-19-34/h1-30H. The van der Waals surface area contributed by atoms with Crippen LogP contribution in [0.4, 0.5) is 0 Å². The first-order chi connectivity index (χ1) is 25.8. The Labute approximate surface area is 305 Å². The zero-order chi connectivity index (χ0) is 34.4. The Balaban J connectivity index is 1.27. The SMILES string of the molecule is c1ccc(-c2cc(-c3ccccc3)cc(-c3sc4c(-c5ccccc5)nc5ccccc5c4c3-c3ccc(-c4nc5ccccc5o4)cc3)c2)cc1. The van der Waals surface area contributed by atoms with Gasteiger partial charge in [-0.3, -0.25) is 0 Å². The average Bonchev–Trinajstić information content (AvgIpc) is 3.85. The van der Waals surface area contributed by atoms with Crippen LogP contribution < -0.4 is 0 Å². The van der Waals surface area contributed by atoms with Crippen molar-refractivity contribution in [2.24, 2.45) is 0 Å². The zero-order valence-electron chi connectivity index (χ0n) is 28.0. The van der Waals surface area contributed by atoms with E-state index in [2.05, 4.69) is 158 Å². The van der Waals surface area contributed by atoms with Crippen LogP contribution in [0.5, 0.6) is 0 Å². The molecule has 3 aromatic heterocycles. The molecule has 0 saturated heterocycles. The second kappa shape index (κ2) is 12.6. The summed E-state index contributed by atoms with van der Waals surface area (Å²) in [5, 5.41) is 2.35. The molecule has 0 unspecified atom stereocenters. The molecule has 0 bridgehead atoms. The van der Waals surface area contributed by atoms with E-state index in [1.807, 2.05) is 35.6 Å². The first kappa shape index (κ1) is 30.2. The number of hydrogen-bond acceptors (Lipinski definition) is 4. The minimum absolute atomic E-state index is 0.618. The van der Waals surface area contributed by atoms with Gasteiger partial charge in [0.2, 0.25) is 5.89 Å². The van der Waals surface area contributed by atoms with Crippen LogP contribution in [0.2, 0.25) is 0 Å². The fraction of sp³-hybridized carbons (Fsp3) is 0. The second-order valence-electron chi connectivity index (χ2n) is 12.9. The molecule has 0 aliphatic rings. The molecular weight excluding hydrogens is 653 g/mol. The molecule has 10 rings (SSSR count). The number of oxazole rings is 1. The lowest BCUT2D eigenvalue weighted by Gasteiger charge is -2.13. The van der Waals surface area contributed by atoms with Gasteiger partial charge in [0.15, 0.2) is 5.58 Å². The van der Waals surface area contributed by atoms with Gasteiger partial charge in [-0.1, -0.05) is 133 Å². The highest BCUT2D eigenvalue weighted by atomic mass is 32.1. The third-order valence-corrected chi connectivity index (χ3v) is 10.9. The quantitative estimate of drug-likeness (QED) is 0.175. The predicted molar refractivity (Wildman–Crippen MR) is 217 cm³/mol. The van der Waals surface area contributed by atoms with Gasteiger partial charge in [0.25, 0.3) is 0 Å². The highest BCUT2D eigenvalue weighted by Gasteiger charge is 2.23. The van der Waals surface area contributed by atoms with E-state index in [4.69, 9.17) is 14.4 Å². The van der Waals surface area contributed by atoms with Crippen molar-refractivity contribution in [3.63, 3.8) is 0 Å². The molecule has 0 atom stereocenters. The monoisotopic (exact) mass is 682 g/mol. The Bertz CT molecular complexity index is 2780. The zero-order valence-corrected chi connectivity index (χ0v) is 28.8. The van der Waals surface area contributed by atoms with Gasteiger partial charge in [0.1, 0.15) is 5.52 Å². The summed E-state index contributed by atoms with van der Waals surface area (Å²) in [6.45, 7) is 0. The van der Waals surface area contributed by atoms with Crippen molar-refractivity contribution in [2.75, 3.05) is 0 Å². The maximum Gasteiger partial charge on any atom is 0.227 e. The summed E-state index contributed by atoms with van der Waals surface area (Å²) in [5.41, 5.74) is 13.9. The number of benzene rings is 7. The van der Waals surface area contributed by atoms with Crippen molar-refractivity contribution in [3.05, 3.63) is 182 Å². The van der Waals surface area contributed by atoms with E-state index < -0.39 is 0 Å². The van der Waals surface area contributed by atoms with Crippen LogP contribution in [-0.2, 0) is 0 Å². The van der Waals surface area contributed by atoms with E-state index in [1.54, 1.807) is 0 Å². The van der Waals surface area contributed by atoms with Crippen LogP contribution in [0.25, 0.3) is 98.6 Å². The first-order valence-electron chi connectivity index (χ1n) is 17.4. The number of para-hydroxylation sites is 3. The van der Waals surface area contributed by atoms with E-state index in [0.29, 0.717) is 5.89 Å². The Morgan fingerprint density at radius 3 is 1.60 bits per heavy atom. The summed E-state index contributed by atoms with van der Waals surface area (Å²) >= 11 is 1.83. The lowest BCUT2D eigenvalue weighted by molar-refractivity contribution is 0.620. The van der Waals surface area contributed by atoms with Crippen LogP contribution in [0, 0.1) is 0 Å². The van der Waals surface area contributed by atoms with E-state index in [1.165, 1.54) is 48.3 Å². The van der Waals surface area contributed by atoms with Crippen LogP contribution in [-0.4, -0.2) is 9.97 Å². The third-order valence-electron chi connectivity index (χ3n) is 9.70. The first-order valence-corrected chi connectivity index (χ1v) is 18.2. The van der Waals surface area contributed by atoms with E-state index in [0.717, 1.165) is 44.4 Å². The normalized spacial score (nSPS) is 11.5. The van der Waals surface area contributed by atoms with Gasteiger partial charge < -0.3 is 4.42 Å². The van der Waals surface area contributed by atoms with Gasteiger partial charge in [-0.25, -0.2) is 9.97 Å². The van der Waals surface area contributed by atoms with Crippen LogP contribution in [0.15, 0.2) is 186 Å². The molecule has 244 valence electrons. The molecule has 4 heteroatoms. The minimum Gasteiger partial charge on any atom is -0.436 e. The molecule has 52 heavy (non-hydrogen) atoms. The average molecular weight is 683 g/mol. The lowest BCUT2D eigenvalue weighted by Crippen LogP contribution is -1.89. The van der Waals surface area contributed by atoms with E-state index in [9.17, 15) is 0 Å². The number of hydrogen-bond donors (Lipinski definition) is 0. The summed E-state index contributed by atoms with van der Waals surface area (Å²) in [6.07, 6.45) is 0. The largest absolute Gasteiger partial charge is 0.436 e. The maximum absolute atomic E-state index is 6.16.